The van der Waals surface area contributed by atoms with Crippen LogP contribution in [0.5, 0.6) is 11.5 Å². The first-order valence-electron chi connectivity index (χ1n) is 13.4. The van der Waals surface area contributed by atoms with Crippen LogP contribution in [0.3, 0.4) is 0 Å². The molecular weight excluding hydrogens is 456 g/mol. The zero-order chi connectivity index (χ0) is 23.9. The maximum Gasteiger partial charge on any atom is 0.145 e. The van der Waals surface area contributed by atoms with E-state index in [1.807, 2.05) is 0 Å². The average Bonchev–Trinajstić information content (AvgIpc) is 3.52. The highest BCUT2D eigenvalue weighted by molar-refractivity contribution is 7.18. The van der Waals surface area contributed by atoms with E-state index in [9.17, 15) is 0 Å². The van der Waals surface area contributed by atoms with Gasteiger partial charge in [-0.15, -0.1) is 22.7 Å². The molecule has 2 aromatic carbocycles. The summed E-state index contributed by atoms with van der Waals surface area (Å²) < 4.78 is 16.2. The Morgan fingerprint density at radius 2 is 1.09 bits per heavy atom. The standard InChI is InChI=1S/C30H40O2S2/c1-5-9-11-13-23(7-3)31-27-25-19-22-16-18-34-30(22)28(32-24(8-4)14-12-10-6-2)26(25)20-21-15-17-33-29(21)27/h15-20,23-24H,5-14H2,1-4H3. The van der Waals surface area contributed by atoms with E-state index in [1.54, 1.807) is 22.7 Å². The molecule has 0 aliphatic heterocycles. The minimum atomic E-state index is 0.252. The minimum absolute atomic E-state index is 0.252. The second-order valence-electron chi connectivity index (χ2n) is 9.47. The average molecular weight is 497 g/mol. The molecule has 0 radical (unpaired) electrons. The first-order chi connectivity index (χ1) is 16.7. The second kappa shape index (κ2) is 12.3. The van der Waals surface area contributed by atoms with Crippen molar-refractivity contribution >= 4 is 53.6 Å². The molecule has 0 N–H and O–H groups in total. The van der Waals surface area contributed by atoms with Crippen LogP contribution in [0.15, 0.2) is 35.0 Å². The van der Waals surface area contributed by atoms with Gasteiger partial charge in [-0.05, 0) is 84.3 Å². The van der Waals surface area contributed by atoms with Gasteiger partial charge in [-0.3, -0.25) is 0 Å². The van der Waals surface area contributed by atoms with E-state index in [-0.39, 0.29) is 12.2 Å². The van der Waals surface area contributed by atoms with Gasteiger partial charge >= 0.3 is 0 Å². The van der Waals surface area contributed by atoms with Gasteiger partial charge in [-0.25, -0.2) is 0 Å². The highest BCUT2D eigenvalue weighted by Crippen LogP contribution is 2.47. The third-order valence-electron chi connectivity index (χ3n) is 6.92. The fraction of sp³-hybridized carbons (Fsp3) is 0.533. The predicted octanol–water partition coefficient (Wildman–Crippen LogP) is 10.7. The Morgan fingerprint density at radius 3 is 1.47 bits per heavy atom. The van der Waals surface area contributed by atoms with Crippen LogP contribution in [-0.2, 0) is 0 Å². The van der Waals surface area contributed by atoms with Gasteiger partial charge in [0.05, 0.1) is 21.6 Å². The van der Waals surface area contributed by atoms with Crippen LogP contribution in [0.2, 0.25) is 0 Å². The van der Waals surface area contributed by atoms with E-state index in [0.29, 0.717) is 0 Å². The Morgan fingerprint density at radius 1 is 0.647 bits per heavy atom. The molecule has 4 aromatic rings. The maximum atomic E-state index is 6.84. The van der Waals surface area contributed by atoms with Gasteiger partial charge in [0.2, 0.25) is 0 Å². The van der Waals surface area contributed by atoms with Crippen LogP contribution >= 0.6 is 22.7 Å². The molecule has 2 heterocycles. The number of fused-ring (bicyclic) bond motifs is 3. The van der Waals surface area contributed by atoms with Crippen LogP contribution < -0.4 is 9.47 Å². The topological polar surface area (TPSA) is 18.5 Å². The summed E-state index contributed by atoms with van der Waals surface area (Å²) in [6, 6.07) is 9.12. The Bertz CT molecular complexity index is 1100. The summed E-state index contributed by atoms with van der Waals surface area (Å²) in [7, 11) is 0. The highest BCUT2D eigenvalue weighted by atomic mass is 32.1. The number of unbranched alkanes of at least 4 members (excludes halogenated alkanes) is 4. The van der Waals surface area contributed by atoms with Crippen molar-refractivity contribution in [1.29, 1.82) is 0 Å². The van der Waals surface area contributed by atoms with Crippen molar-refractivity contribution < 1.29 is 9.47 Å². The van der Waals surface area contributed by atoms with Crippen LogP contribution in [0.4, 0.5) is 0 Å². The Labute approximate surface area is 213 Å². The summed E-state index contributed by atoms with van der Waals surface area (Å²) in [6.45, 7) is 9.03. The normalized spacial score (nSPS) is 13.6. The first-order valence-corrected chi connectivity index (χ1v) is 15.1. The molecule has 0 fully saturated rings. The molecule has 34 heavy (non-hydrogen) atoms. The van der Waals surface area contributed by atoms with E-state index in [1.165, 1.54) is 69.5 Å². The van der Waals surface area contributed by atoms with E-state index >= 15 is 0 Å². The molecule has 0 saturated heterocycles. The SMILES string of the molecule is CCCCCC(CC)Oc1c2cc3ccsc3c(OC(CC)CCCCC)c2cc2ccsc12. The molecule has 4 rings (SSSR count). The fourth-order valence-electron chi connectivity index (χ4n) is 4.83. The maximum absolute atomic E-state index is 6.84. The third-order valence-corrected chi connectivity index (χ3v) is 8.78. The van der Waals surface area contributed by atoms with Crippen molar-refractivity contribution in [1.82, 2.24) is 0 Å². The monoisotopic (exact) mass is 496 g/mol. The van der Waals surface area contributed by atoms with Gasteiger partial charge in [-0.1, -0.05) is 53.4 Å². The number of benzene rings is 2. The molecule has 2 unspecified atom stereocenters. The van der Waals surface area contributed by atoms with Crippen LogP contribution in [-0.4, -0.2) is 12.2 Å². The minimum Gasteiger partial charge on any atom is -0.488 e. The Hall–Kier alpha value is -1.78. The number of thiophene rings is 2. The summed E-state index contributed by atoms with van der Waals surface area (Å²) in [5, 5.41) is 9.31. The van der Waals surface area contributed by atoms with Gasteiger partial charge in [0, 0.05) is 10.8 Å². The molecule has 0 aliphatic carbocycles. The molecule has 0 bridgehead atoms. The Kier molecular flexibility index (Phi) is 9.13. The van der Waals surface area contributed by atoms with Crippen LogP contribution in [0.25, 0.3) is 30.9 Å². The summed E-state index contributed by atoms with van der Waals surface area (Å²) in [4.78, 5) is 0. The molecule has 0 amide bonds. The number of hydrogen-bond donors (Lipinski definition) is 0. The van der Waals surface area contributed by atoms with Gasteiger partial charge < -0.3 is 9.47 Å². The molecule has 2 aromatic heterocycles. The molecule has 2 nitrogen and oxygen atoms in total. The Balaban J connectivity index is 1.81. The summed E-state index contributed by atoms with van der Waals surface area (Å²) in [5.74, 6) is 2.12. The second-order valence-corrected chi connectivity index (χ2v) is 11.3. The number of ether oxygens (including phenoxy) is 2. The number of hydrogen-bond acceptors (Lipinski definition) is 4. The quantitative estimate of drug-likeness (QED) is 0.162. The molecule has 2 atom stereocenters. The third kappa shape index (κ3) is 5.54. The molecule has 184 valence electrons. The highest BCUT2D eigenvalue weighted by Gasteiger charge is 2.21. The first kappa shape index (κ1) is 25.3. The summed E-state index contributed by atoms with van der Waals surface area (Å²) in [6.07, 6.45) is 12.3. The lowest BCUT2D eigenvalue weighted by atomic mass is 10.0. The smallest absolute Gasteiger partial charge is 0.145 e. The number of rotatable bonds is 14. The van der Waals surface area contributed by atoms with E-state index in [4.69, 9.17) is 9.47 Å². The lowest BCUT2D eigenvalue weighted by Gasteiger charge is -2.23. The van der Waals surface area contributed by atoms with Crippen molar-refractivity contribution in [3.8, 4) is 11.5 Å². The van der Waals surface area contributed by atoms with Crippen LogP contribution in [0, 0.1) is 0 Å². The van der Waals surface area contributed by atoms with Crippen molar-refractivity contribution in [2.45, 2.75) is 104 Å². The predicted molar refractivity (Wildman–Crippen MR) is 152 cm³/mol. The molecule has 0 saturated carbocycles. The summed E-state index contributed by atoms with van der Waals surface area (Å²) >= 11 is 3.58. The molecule has 0 spiro atoms. The molecule has 4 heteroatoms. The van der Waals surface area contributed by atoms with Gasteiger partial charge in [0.15, 0.2) is 0 Å². The fourth-order valence-corrected chi connectivity index (χ4v) is 6.58. The van der Waals surface area contributed by atoms with Crippen molar-refractivity contribution in [2.24, 2.45) is 0 Å². The summed E-state index contributed by atoms with van der Waals surface area (Å²) in [5.41, 5.74) is 0. The van der Waals surface area contributed by atoms with E-state index < -0.39 is 0 Å². The van der Waals surface area contributed by atoms with Crippen molar-refractivity contribution in [2.75, 3.05) is 0 Å². The van der Waals surface area contributed by atoms with Crippen LogP contribution in [0.1, 0.15) is 91.9 Å². The lowest BCUT2D eigenvalue weighted by Crippen LogP contribution is -2.16. The molecule has 0 aliphatic rings. The largest absolute Gasteiger partial charge is 0.488 e. The van der Waals surface area contributed by atoms with E-state index in [0.717, 1.165) is 37.2 Å². The zero-order valence-corrected chi connectivity index (χ0v) is 23.0. The lowest BCUT2D eigenvalue weighted by molar-refractivity contribution is 0.186. The van der Waals surface area contributed by atoms with Gasteiger partial charge in [0.1, 0.15) is 11.5 Å². The molecular formula is C30H40O2S2. The van der Waals surface area contributed by atoms with Gasteiger partial charge in [-0.2, -0.15) is 0 Å². The zero-order valence-electron chi connectivity index (χ0n) is 21.3. The van der Waals surface area contributed by atoms with Crippen molar-refractivity contribution in [3.63, 3.8) is 0 Å². The van der Waals surface area contributed by atoms with Gasteiger partial charge in [0.25, 0.3) is 0 Å². The van der Waals surface area contributed by atoms with E-state index in [2.05, 4.69) is 62.7 Å². The van der Waals surface area contributed by atoms with Crippen molar-refractivity contribution in [3.05, 3.63) is 35.0 Å².